The number of carboxylic acids is 1. The highest BCUT2D eigenvalue weighted by molar-refractivity contribution is 5.96. The van der Waals surface area contributed by atoms with Gasteiger partial charge in [0.15, 0.2) is 5.78 Å². The van der Waals surface area contributed by atoms with Crippen LogP contribution in [0, 0.1) is 0 Å². The summed E-state index contributed by atoms with van der Waals surface area (Å²) in [7, 11) is 1.66. The van der Waals surface area contributed by atoms with Crippen molar-refractivity contribution in [3.05, 3.63) is 41.7 Å². The van der Waals surface area contributed by atoms with Crippen molar-refractivity contribution >= 4 is 11.8 Å². The second-order valence-electron chi connectivity index (χ2n) is 8.35. The van der Waals surface area contributed by atoms with Crippen molar-refractivity contribution in [2.75, 3.05) is 7.11 Å². The minimum absolute atomic E-state index is 0.0160. The van der Waals surface area contributed by atoms with E-state index in [1.165, 1.54) is 19.3 Å². The van der Waals surface area contributed by atoms with Crippen molar-refractivity contribution in [1.29, 1.82) is 0 Å². The van der Waals surface area contributed by atoms with Gasteiger partial charge in [-0.25, -0.2) is 0 Å². The number of nitrogens with zero attached hydrogens (tertiary/aromatic N) is 4. The van der Waals surface area contributed by atoms with Gasteiger partial charge in [0.05, 0.1) is 30.1 Å². The van der Waals surface area contributed by atoms with Gasteiger partial charge in [0.1, 0.15) is 0 Å². The van der Waals surface area contributed by atoms with Crippen molar-refractivity contribution in [3.8, 4) is 22.8 Å². The third-order valence-corrected chi connectivity index (χ3v) is 6.02. The predicted octanol–water partition coefficient (Wildman–Crippen LogP) is 4.69. The minimum atomic E-state index is -0.899. The molecule has 9 heteroatoms. The van der Waals surface area contributed by atoms with E-state index in [2.05, 4.69) is 15.2 Å². The number of hydrogen-bond donors (Lipinski definition) is 1. The molecule has 0 bridgehead atoms. The van der Waals surface area contributed by atoms with Crippen molar-refractivity contribution in [2.45, 2.75) is 64.0 Å². The molecule has 1 aliphatic carbocycles. The first-order chi connectivity index (χ1) is 16.1. The minimum Gasteiger partial charge on any atom is -0.481 e. The van der Waals surface area contributed by atoms with E-state index in [0.717, 1.165) is 29.7 Å². The van der Waals surface area contributed by atoms with Crippen molar-refractivity contribution < 1.29 is 24.0 Å². The van der Waals surface area contributed by atoms with Gasteiger partial charge in [0.25, 0.3) is 5.89 Å². The Labute approximate surface area is 191 Å². The third-order valence-electron chi connectivity index (χ3n) is 6.02. The molecule has 2 aromatic heterocycles. The first-order valence-electron chi connectivity index (χ1n) is 11.3. The normalized spacial score (nSPS) is 14.5. The van der Waals surface area contributed by atoms with Crippen LogP contribution in [0.3, 0.4) is 0 Å². The molecule has 0 radical (unpaired) electrons. The number of benzene rings is 1. The maximum absolute atomic E-state index is 12.2. The average Bonchev–Trinajstić information content (AvgIpc) is 3.47. The Kier molecular flexibility index (Phi) is 7.29. The van der Waals surface area contributed by atoms with E-state index in [9.17, 15) is 9.59 Å². The Bertz CT molecular complexity index is 1100. The Morgan fingerprint density at radius 1 is 1.15 bits per heavy atom. The summed E-state index contributed by atoms with van der Waals surface area (Å²) in [5.41, 5.74) is 2.96. The summed E-state index contributed by atoms with van der Waals surface area (Å²) in [6.45, 7) is 0.405. The molecule has 0 aliphatic heterocycles. The SMILES string of the molecule is COCc1c(-c2nc(-c3ccc(C(=O)CCCC(=O)O)cc3)no2)cnn1C1CCCCC1. The van der Waals surface area contributed by atoms with Crippen molar-refractivity contribution in [2.24, 2.45) is 0 Å². The van der Waals surface area contributed by atoms with E-state index in [-0.39, 0.29) is 18.6 Å². The summed E-state index contributed by atoms with van der Waals surface area (Å²) >= 11 is 0. The lowest BCUT2D eigenvalue weighted by Gasteiger charge is -2.24. The van der Waals surface area contributed by atoms with Crippen LogP contribution in [-0.4, -0.2) is 43.9 Å². The molecule has 0 spiro atoms. The van der Waals surface area contributed by atoms with Crippen LogP contribution >= 0.6 is 0 Å². The summed E-state index contributed by atoms with van der Waals surface area (Å²) in [5.74, 6) is -0.184. The zero-order valence-corrected chi connectivity index (χ0v) is 18.7. The number of aliphatic carboxylic acids is 1. The van der Waals surface area contributed by atoms with Crippen LogP contribution in [0.25, 0.3) is 22.8 Å². The highest BCUT2D eigenvalue weighted by atomic mass is 16.5. The molecule has 9 nitrogen and oxygen atoms in total. The van der Waals surface area contributed by atoms with Gasteiger partial charge in [-0.2, -0.15) is 10.1 Å². The van der Waals surface area contributed by atoms with Gasteiger partial charge in [-0.15, -0.1) is 0 Å². The molecule has 1 saturated carbocycles. The maximum atomic E-state index is 12.2. The predicted molar refractivity (Wildman–Crippen MR) is 120 cm³/mol. The maximum Gasteiger partial charge on any atom is 0.303 e. The molecular formula is C24H28N4O5. The van der Waals surface area contributed by atoms with E-state index in [1.54, 1.807) is 37.6 Å². The van der Waals surface area contributed by atoms with E-state index in [4.69, 9.17) is 14.4 Å². The second-order valence-corrected chi connectivity index (χ2v) is 8.35. The lowest BCUT2D eigenvalue weighted by Crippen LogP contribution is -2.17. The fourth-order valence-electron chi connectivity index (χ4n) is 4.29. The zero-order valence-electron chi connectivity index (χ0n) is 18.7. The van der Waals surface area contributed by atoms with E-state index < -0.39 is 5.97 Å². The number of aromatic nitrogens is 4. The average molecular weight is 453 g/mol. The van der Waals surface area contributed by atoms with E-state index in [0.29, 0.717) is 36.3 Å². The standard InChI is InChI=1S/C24H28N4O5/c1-32-15-20-19(14-25-28(20)18-6-3-2-4-7-18)24-26-23(27-33-24)17-12-10-16(11-13-17)21(29)8-5-9-22(30)31/h10-14,18H,2-9,15H2,1H3,(H,30,31). The molecule has 4 rings (SSSR count). The summed E-state index contributed by atoms with van der Waals surface area (Å²) in [5, 5.41) is 17.4. The van der Waals surface area contributed by atoms with Crippen LogP contribution in [0.2, 0.25) is 0 Å². The monoisotopic (exact) mass is 452 g/mol. The summed E-state index contributed by atoms with van der Waals surface area (Å²) in [6.07, 6.45) is 8.15. The quantitative estimate of drug-likeness (QED) is 0.440. The van der Waals surface area contributed by atoms with Crippen LogP contribution in [0.15, 0.2) is 35.0 Å². The fourth-order valence-corrected chi connectivity index (χ4v) is 4.29. The first kappa shape index (κ1) is 22.8. The highest BCUT2D eigenvalue weighted by Crippen LogP contribution is 2.33. The summed E-state index contributed by atoms with van der Waals surface area (Å²) in [6, 6.07) is 7.29. The largest absolute Gasteiger partial charge is 0.481 e. The van der Waals surface area contributed by atoms with Crippen LogP contribution in [-0.2, 0) is 16.1 Å². The summed E-state index contributed by atoms with van der Waals surface area (Å²) in [4.78, 5) is 27.4. The molecule has 0 atom stereocenters. The number of methoxy groups -OCH3 is 1. The number of carboxylic acid groups (broad SMARTS) is 1. The van der Waals surface area contributed by atoms with Crippen molar-refractivity contribution in [3.63, 3.8) is 0 Å². The lowest BCUT2D eigenvalue weighted by atomic mass is 9.95. The Morgan fingerprint density at radius 3 is 2.61 bits per heavy atom. The van der Waals surface area contributed by atoms with E-state index >= 15 is 0 Å². The number of hydrogen-bond acceptors (Lipinski definition) is 7. The molecule has 0 amide bonds. The van der Waals surface area contributed by atoms with Gasteiger partial charge in [-0.1, -0.05) is 48.7 Å². The van der Waals surface area contributed by atoms with Gasteiger partial charge < -0.3 is 14.4 Å². The third kappa shape index (κ3) is 5.36. The fraction of sp³-hybridized carbons (Fsp3) is 0.458. The van der Waals surface area contributed by atoms with Crippen LogP contribution in [0.4, 0.5) is 0 Å². The van der Waals surface area contributed by atoms with Gasteiger partial charge in [0.2, 0.25) is 5.82 Å². The molecule has 1 N–H and O–H groups in total. The molecule has 33 heavy (non-hydrogen) atoms. The number of ketones is 1. The molecule has 0 saturated heterocycles. The Hall–Kier alpha value is -3.33. The molecule has 2 heterocycles. The number of carbonyl (C=O) groups excluding carboxylic acids is 1. The van der Waals surface area contributed by atoms with Gasteiger partial charge in [0, 0.05) is 31.1 Å². The Morgan fingerprint density at radius 2 is 1.91 bits per heavy atom. The lowest BCUT2D eigenvalue weighted by molar-refractivity contribution is -0.137. The van der Waals surface area contributed by atoms with Crippen LogP contribution < -0.4 is 0 Å². The second kappa shape index (κ2) is 10.5. The first-order valence-corrected chi connectivity index (χ1v) is 11.3. The number of ether oxygens (including phenoxy) is 1. The van der Waals surface area contributed by atoms with Gasteiger partial charge in [-0.3, -0.25) is 14.3 Å². The molecular weight excluding hydrogens is 424 g/mol. The highest BCUT2D eigenvalue weighted by Gasteiger charge is 2.24. The molecule has 3 aromatic rings. The molecule has 1 aliphatic rings. The van der Waals surface area contributed by atoms with E-state index in [1.807, 2.05) is 4.68 Å². The molecule has 0 unspecified atom stereocenters. The molecule has 174 valence electrons. The van der Waals surface area contributed by atoms with Gasteiger partial charge in [-0.05, 0) is 19.3 Å². The smallest absolute Gasteiger partial charge is 0.303 e. The molecule has 1 aromatic carbocycles. The van der Waals surface area contributed by atoms with Crippen LogP contribution in [0.5, 0.6) is 0 Å². The number of carbonyl (C=O) groups is 2. The Balaban J connectivity index is 1.50. The zero-order chi connectivity index (χ0) is 23.2. The number of Topliss-reactive ketones (excluding diaryl/α,β-unsaturated/α-hetero) is 1. The summed E-state index contributed by atoms with van der Waals surface area (Å²) < 4.78 is 13.0. The topological polar surface area (TPSA) is 120 Å². The van der Waals surface area contributed by atoms with Crippen molar-refractivity contribution in [1.82, 2.24) is 19.9 Å². The van der Waals surface area contributed by atoms with Crippen LogP contribution in [0.1, 0.15) is 73.5 Å². The number of rotatable bonds is 10. The molecule has 1 fully saturated rings. The van der Waals surface area contributed by atoms with Gasteiger partial charge >= 0.3 is 5.97 Å².